The fourth-order valence-electron chi connectivity index (χ4n) is 4.67. The van der Waals surface area contributed by atoms with Crippen LogP contribution in [0, 0.1) is 13.8 Å². The van der Waals surface area contributed by atoms with E-state index < -0.39 is 10.0 Å². The molecule has 12 heteroatoms. The first kappa shape index (κ1) is 27.1. The second kappa shape index (κ2) is 10.7. The molecule has 2 aromatic heterocycles. The molecule has 3 aromatic carbocycles. The summed E-state index contributed by atoms with van der Waals surface area (Å²) in [5.74, 6) is 1.28. The number of hydrogen-bond acceptors (Lipinski definition) is 9. The zero-order chi connectivity index (χ0) is 29.4. The summed E-state index contributed by atoms with van der Waals surface area (Å²) < 4.78 is 51.3. The lowest BCUT2D eigenvalue weighted by Crippen LogP contribution is -2.26. The molecule has 6 rings (SSSR count). The maximum Gasteiger partial charge on any atom is 0.264 e. The summed E-state index contributed by atoms with van der Waals surface area (Å²) in [7, 11) is -2.41. The smallest absolute Gasteiger partial charge is 0.264 e. The van der Waals surface area contributed by atoms with Crippen molar-refractivity contribution in [2.75, 3.05) is 18.6 Å². The van der Waals surface area contributed by atoms with E-state index >= 15 is 0 Å². The minimum absolute atomic E-state index is 0.0355. The van der Waals surface area contributed by atoms with Gasteiger partial charge in [-0.1, -0.05) is 29.4 Å². The average molecular weight is 587 g/mol. The van der Waals surface area contributed by atoms with E-state index in [0.29, 0.717) is 56.5 Å². The fraction of sp³-hybridized carbons (Fsp3) is 0.167. The van der Waals surface area contributed by atoms with E-state index in [0.717, 1.165) is 0 Å². The SMILES string of the molecule is Cc1noc(NS(=O)(=O)c2ccccc2-c2ccc(-c3ncco3)cc2CN(C)C(=O)c2ccc3c(c2)OCO3)c1C. The summed E-state index contributed by atoms with van der Waals surface area (Å²) in [6.45, 7) is 3.71. The number of nitrogens with zero attached hydrogens (tertiary/aromatic N) is 3. The standard InChI is InChI=1S/C30H26N4O7S/c1-18-19(2)32-41-28(18)33-42(36,37)27-7-5-4-6-24(27)23-10-8-20(29-31-12-13-38-29)14-22(23)16-34(3)30(35)21-9-11-25-26(15-21)40-17-39-25/h4-15,33H,16-17H2,1-3H3. The molecule has 1 aliphatic rings. The van der Waals surface area contributed by atoms with Crippen LogP contribution in [-0.2, 0) is 16.6 Å². The molecule has 0 spiro atoms. The molecule has 3 heterocycles. The highest BCUT2D eigenvalue weighted by molar-refractivity contribution is 7.92. The third-order valence-electron chi connectivity index (χ3n) is 7.01. The molecule has 0 unspecified atom stereocenters. The first-order valence-electron chi connectivity index (χ1n) is 12.9. The van der Waals surface area contributed by atoms with Gasteiger partial charge in [0.25, 0.3) is 15.9 Å². The molecule has 11 nitrogen and oxygen atoms in total. The third kappa shape index (κ3) is 5.07. The summed E-state index contributed by atoms with van der Waals surface area (Å²) >= 11 is 0. The van der Waals surface area contributed by atoms with Crippen molar-refractivity contribution in [2.24, 2.45) is 0 Å². The van der Waals surface area contributed by atoms with E-state index in [4.69, 9.17) is 18.4 Å². The van der Waals surface area contributed by atoms with Gasteiger partial charge in [-0.05, 0) is 61.4 Å². The monoisotopic (exact) mass is 586 g/mol. The van der Waals surface area contributed by atoms with Gasteiger partial charge in [-0.2, -0.15) is 0 Å². The number of aromatic nitrogens is 2. The molecule has 0 bridgehead atoms. The largest absolute Gasteiger partial charge is 0.454 e. The van der Waals surface area contributed by atoms with Crippen LogP contribution in [0.1, 0.15) is 27.2 Å². The van der Waals surface area contributed by atoms with Crippen molar-refractivity contribution < 1.29 is 31.6 Å². The van der Waals surface area contributed by atoms with Crippen LogP contribution < -0.4 is 14.2 Å². The molecule has 214 valence electrons. The van der Waals surface area contributed by atoms with Crippen molar-refractivity contribution in [3.8, 4) is 34.1 Å². The summed E-state index contributed by atoms with van der Waals surface area (Å²) in [5, 5.41) is 3.85. The molecular weight excluding hydrogens is 560 g/mol. The number of anilines is 1. The first-order valence-corrected chi connectivity index (χ1v) is 14.4. The van der Waals surface area contributed by atoms with Crippen molar-refractivity contribution in [1.29, 1.82) is 0 Å². The van der Waals surface area contributed by atoms with Crippen molar-refractivity contribution in [3.63, 3.8) is 0 Å². The maximum atomic E-state index is 13.6. The summed E-state index contributed by atoms with van der Waals surface area (Å²) in [6.07, 6.45) is 3.01. The van der Waals surface area contributed by atoms with Crippen molar-refractivity contribution in [1.82, 2.24) is 15.0 Å². The lowest BCUT2D eigenvalue weighted by Gasteiger charge is -2.21. The summed E-state index contributed by atoms with van der Waals surface area (Å²) in [4.78, 5) is 19.3. The predicted molar refractivity (Wildman–Crippen MR) is 153 cm³/mol. The number of ether oxygens (including phenoxy) is 2. The Morgan fingerprint density at radius 2 is 1.81 bits per heavy atom. The second-order valence-electron chi connectivity index (χ2n) is 9.76. The van der Waals surface area contributed by atoms with Gasteiger partial charge >= 0.3 is 0 Å². The normalized spacial score (nSPS) is 12.4. The van der Waals surface area contributed by atoms with E-state index in [9.17, 15) is 13.2 Å². The number of carbonyl (C=O) groups excluding carboxylic acids is 1. The van der Waals surface area contributed by atoms with E-state index in [2.05, 4.69) is 14.9 Å². The molecule has 1 N–H and O–H groups in total. The van der Waals surface area contributed by atoms with Crippen LogP contribution in [0.3, 0.4) is 0 Å². The highest BCUT2D eigenvalue weighted by Crippen LogP contribution is 2.36. The molecule has 0 atom stereocenters. The van der Waals surface area contributed by atoms with Gasteiger partial charge in [0, 0.05) is 35.8 Å². The van der Waals surface area contributed by atoms with Gasteiger partial charge in [0.1, 0.15) is 6.26 Å². The van der Waals surface area contributed by atoms with Gasteiger partial charge in [-0.25, -0.2) is 18.1 Å². The van der Waals surface area contributed by atoms with Gasteiger partial charge in [-0.3, -0.25) is 4.79 Å². The molecular formula is C30H26N4O7S. The Balaban J connectivity index is 1.39. The number of benzene rings is 3. The van der Waals surface area contributed by atoms with Crippen LogP contribution >= 0.6 is 0 Å². The molecule has 1 aliphatic heterocycles. The van der Waals surface area contributed by atoms with Crippen molar-refractivity contribution in [2.45, 2.75) is 25.3 Å². The predicted octanol–water partition coefficient (Wildman–Crippen LogP) is 5.42. The molecule has 0 radical (unpaired) electrons. The quantitative estimate of drug-likeness (QED) is 0.253. The van der Waals surface area contributed by atoms with Crippen LogP contribution in [0.25, 0.3) is 22.6 Å². The van der Waals surface area contributed by atoms with Gasteiger partial charge in [0.15, 0.2) is 11.5 Å². The molecule has 0 saturated heterocycles. The molecule has 42 heavy (non-hydrogen) atoms. The Kier molecular flexibility index (Phi) is 6.91. The zero-order valence-corrected chi connectivity index (χ0v) is 23.8. The first-order chi connectivity index (χ1) is 20.2. The number of rotatable bonds is 8. The summed E-state index contributed by atoms with van der Waals surface area (Å²) in [6, 6.07) is 17.1. The van der Waals surface area contributed by atoms with E-state index in [1.807, 2.05) is 6.07 Å². The number of aryl methyl sites for hydroxylation is 1. The van der Waals surface area contributed by atoms with Crippen LogP contribution in [-0.4, -0.2) is 43.2 Å². The van der Waals surface area contributed by atoms with Crippen molar-refractivity contribution in [3.05, 3.63) is 95.5 Å². The average Bonchev–Trinajstić information content (AvgIpc) is 3.76. The fourth-order valence-corrected chi connectivity index (χ4v) is 5.94. The second-order valence-corrected chi connectivity index (χ2v) is 11.4. The lowest BCUT2D eigenvalue weighted by molar-refractivity contribution is 0.0785. The van der Waals surface area contributed by atoms with Crippen LogP contribution in [0.4, 0.5) is 5.88 Å². The highest BCUT2D eigenvalue weighted by atomic mass is 32.2. The van der Waals surface area contributed by atoms with E-state index in [1.165, 1.54) is 12.3 Å². The van der Waals surface area contributed by atoms with Gasteiger partial charge in [0.05, 0.1) is 16.8 Å². The zero-order valence-electron chi connectivity index (χ0n) is 23.0. The minimum Gasteiger partial charge on any atom is -0.454 e. The van der Waals surface area contributed by atoms with Crippen LogP contribution in [0.5, 0.6) is 11.5 Å². The Hall–Kier alpha value is -5.10. The molecule has 0 saturated carbocycles. The number of carbonyl (C=O) groups is 1. The number of oxazole rings is 1. The number of fused-ring (bicyclic) bond motifs is 1. The Morgan fingerprint density at radius 1 is 1.00 bits per heavy atom. The van der Waals surface area contributed by atoms with Gasteiger partial charge in [0.2, 0.25) is 18.6 Å². The van der Waals surface area contributed by atoms with E-state index in [-0.39, 0.29) is 30.0 Å². The number of nitrogens with one attached hydrogen (secondary N) is 1. The number of amides is 1. The van der Waals surface area contributed by atoms with Crippen LogP contribution in [0.15, 0.2) is 87.0 Å². The van der Waals surface area contributed by atoms with Gasteiger partial charge < -0.3 is 23.3 Å². The topological polar surface area (TPSA) is 137 Å². The number of hydrogen-bond donors (Lipinski definition) is 1. The van der Waals surface area contributed by atoms with E-state index in [1.54, 1.807) is 80.5 Å². The molecule has 5 aromatic rings. The third-order valence-corrected chi connectivity index (χ3v) is 8.40. The summed E-state index contributed by atoms with van der Waals surface area (Å²) in [5.41, 5.74) is 4.01. The Labute approximate surface area is 241 Å². The molecule has 1 amide bonds. The highest BCUT2D eigenvalue weighted by Gasteiger charge is 2.25. The Morgan fingerprint density at radius 3 is 2.57 bits per heavy atom. The molecule has 0 fully saturated rings. The molecule has 0 aliphatic carbocycles. The lowest BCUT2D eigenvalue weighted by atomic mass is 9.96. The number of sulfonamides is 1. The maximum absolute atomic E-state index is 13.6. The van der Waals surface area contributed by atoms with Crippen molar-refractivity contribution >= 4 is 21.8 Å². The Bertz CT molecular complexity index is 1900. The minimum atomic E-state index is -4.09. The van der Waals surface area contributed by atoms with Gasteiger partial charge in [-0.15, -0.1) is 0 Å². The van der Waals surface area contributed by atoms with Crippen LogP contribution in [0.2, 0.25) is 0 Å².